The van der Waals surface area contributed by atoms with Gasteiger partial charge in [-0.1, -0.05) is 11.6 Å². The lowest BCUT2D eigenvalue weighted by Gasteiger charge is -2.34. The third-order valence-corrected chi connectivity index (χ3v) is 6.53. The minimum Gasteiger partial charge on any atom is -0.354 e. The zero-order chi connectivity index (χ0) is 15.0. The summed E-state index contributed by atoms with van der Waals surface area (Å²) in [6.07, 6.45) is 5.06. The van der Waals surface area contributed by atoms with E-state index in [4.69, 9.17) is 11.6 Å². The van der Waals surface area contributed by atoms with Crippen LogP contribution in [0.15, 0.2) is 16.7 Å². The molecule has 3 rings (SSSR count). The van der Waals surface area contributed by atoms with E-state index >= 15 is 0 Å². The van der Waals surface area contributed by atoms with E-state index in [0.717, 1.165) is 42.5 Å². The molecule has 0 spiro atoms. The van der Waals surface area contributed by atoms with Gasteiger partial charge in [0.15, 0.2) is 0 Å². The Morgan fingerprint density at radius 2 is 2.14 bits per heavy atom. The molecule has 1 N–H and O–H groups in total. The fourth-order valence-electron chi connectivity index (χ4n) is 2.61. The number of hydrogen-bond acceptors (Lipinski definition) is 4. The Bertz CT molecular complexity index is 636. The number of piperidine rings is 1. The van der Waals surface area contributed by atoms with Crippen LogP contribution in [-0.4, -0.2) is 37.8 Å². The first-order valence-corrected chi connectivity index (χ1v) is 9.74. The standard InChI is InChI=1S/C13H17BrClN3O2S/c14-9-6-12(15)13(16-7-9)18-5-1-2-10(8-18)17-21(19,20)11-3-4-11/h6-7,10-11,17H,1-5,8H2. The first-order valence-electron chi connectivity index (χ1n) is 7.03. The third-order valence-electron chi connectivity index (χ3n) is 3.80. The van der Waals surface area contributed by atoms with Gasteiger partial charge < -0.3 is 4.90 Å². The van der Waals surface area contributed by atoms with E-state index < -0.39 is 10.0 Å². The van der Waals surface area contributed by atoms with Crippen molar-refractivity contribution in [2.45, 2.75) is 37.0 Å². The van der Waals surface area contributed by atoms with Crippen molar-refractivity contribution in [3.8, 4) is 0 Å². The lowest BCUT2D eigenvalue weighted by Crippen LogP contribution is -2.48. The summed E-state index contributed by atoms with van der Waals surface area (Å²) in [5.41, 5.74) is 0. The quantitative estimate of drug-likeness (QED) is 0.852. The second kappa shape index (κ2) is 6.02. The molecule has 8 heteroatoms. The van der Waals surface area contributed by atoms with Gasteiger partial charge in [-0.2, -0.15) is 0 Å². The molecule has 0 aromatic carbocycles. The number of nitrogens with zero attached hydrogens (tertiary/aromatic N) is 2. The number of sulfonamides is 1. The number of aromatic nitrogens is 1. The van der Waals surface area contributed by atoms with Crippen LogP contribution in [0.25, 0.3) is 0 Å². The summed E-state index contributed by atoms with van der Waals surface area (Å²) in [5, 5.41) is 0.400. The van der Waals surface area contributed by atoms with Crippen LogP contribution in [0.4, 0.5) is 5.82 Å². The fourth-order valence-corrected chi connectivity index (χ4v) is 4.97. The van der Waals surface area contributed by atoms with Crippen molar-refractivity contribution in [3.05, 3.63) is 21.8 Å². The van der Waals surface area contributed by atoms with E-state index in [0.29, 0.717) is 11.6 Å². The van der Waals surface area contributed by atoms with E-state index in [1.165, 1.54) is 0 Å². The second-order valence-electron chi connectivity index (χ2n) is 5.61. The van der Waals surface area contributed by atoms with E-state index in [-0.39, 0.29) is 11.3 Å². The topological polar surface area (TPSA) is 62.3 Å². The first-order chi connectivity index (χ1) is 9.95. The molecular weight excluding hydrogens is 378 g/mol. The zero-order valence-electron chi connectivity index (χ0n) is 11.4. The number of anilines is 1. The normalized spacial score (nSPS) is 23.3. The van der Waals surface area contributed by atoms with Gasteiger partial charge in [0.2, 0.25) is 10.0 Å². The van der Waals surface area contributed by atoms with Gasteiger partial charge in [-0.15, -0.1) is 0 Å². The highest BCUT2D eigenvalue weighted by Crippen LogP contribution is 2.30. The predicted molar refractivity (Wildman–Crippen MR) is 87.3 cm³/mol. The summed E-state index contributed by atoms with van der Waals surface area (Å²) in [5.74, 6) is 0.718. The van der Waals surface area contributed by atoms with E-state index in [1.54, 1.807) is 6.20 Å². The molecule has 1 aliphatic carbocycles. The molecule has 2 fully saturated rings. The van der Waals surface area contributed by atoms with Crippen LogP contribution in [0, 0.1) is 0 Å². The summed E-state index contributed by atoms with van der Waals surface area (Å²) in [4.78, 5) is 6.40. The molecule has 1 atom stereocenters. The molecule has 1 saturated heterocycles. The Balaban J connectivity index is 1.70. The molecule has 0 radical (unpaired) electrons. The summed E-state index contributed by atoms with van der Waals surface area (Å²) >= 11 is 9.57. The van der Waals surface area contributed by atoms with Crippen molar-refractivity contribution in [1.29, 1.82) is 0 Å². The minimum atomic E-state index is -3.15. The van der Waals surface area contributed by atoms with Gasteiger partial charge in [-0.25, -0.2) is 18.1 Å². The van der Waals surface area contributed by atoms with Crippen LogP contribution >= 0.6 is 27.5 Å². The van der Waals surface area contributed by atoms with Crippen molar-refractivity contribution in [1.82, 2.24) is 9.71 Å². The van der Waals surface area contributed by atoms with Crippen LogP contribution in [-0.2, 0) is 10.0 Å². The smallest absolute Gasteiger partial charge is 0.214 e. The highest BCUT2D eigenvalue weighted by atomic mass is 79.9. The van der Waals surface area contributed by atoms with Crippen molar-refractivity contribution >= 4 is 43.4 Å². The first kappa shape index (κ1) is 15.5. The molecule has 1 aromatic rings. The van der Waals surface area contributed by atoms with Gasteiger partial charge >= 0.3 is 0 Å². The van der Waals surface area contributed by atoms with Gasteiger partial charge in [-0.05, 0) is 47.7 Å². The molecular formula is C13H17BrClN3O2S. The minimum absolute atomic E-state index is 0.0640. The highest BCUT2D eigenvalue weighted by Gasteiger charge is 2.37. The molecule has 0 bridgehead atoms. The fraction of sp³-hybridized carbons (Fsp3) is 0.615. The summed E-state index contributed by atoms with van der Waals surface area (Å²) in [6.45, 7) is 1.45. The van der Waals surface area contributed by atoms with E-state index in [9.17, 15) is 8.42 Å². The van der Waals surface area contributed by atoms with Gasteiger partial charge in [0, 0.05) is 29.8 Å². The largest absolute Gasteiger partial charge is 0.354 e. The molecule has 2 aliphatic rings. The van der Waals surface area contributed by atoms with Gasteiger partial charge in [0.05, 0.1) is 10.3 Å². The summed E-state index contributed by atoms with van der Waals surface area (Å²) < 4.78 is 27.7. The van der Waals surface area contributed by atoms with Crippen molar-refractivity contribution in [2.24, 2.45) is 0 Å². The Morgan fingerprint density at radius 1 is 1.38 bits per heavy atom. The van der Waals surface area contributed by atoms with Crippen molar-refractivity contribution in [3.63, 3.8) is 0 Å². The Hall–Kier alpha value is -0.370. The molecule has 1 unspecified atom stereocenters. The van der Waals surface area contributed by atoms with Crippen LogP contribution < -0.4 is 9.62 Å². The van der Waals surface area contributed by atoms with E-state index in [2.05, 4.69) is 30.5 Å². The predicted octanol–water partition coefficient (Wildman–Crippen LogP) is 2.55. The van der Waals surface area contributed by atoms with Crippen LogP contribution in [0.1, 0.15) is 25.7 Å². The van der Waals surface area contributed by atoms with Crippen molar-refractivity contribution < 1.29 is 8.42 Å². The summed E-state index contributed by atoms with van der Waals surface area (Å²) in [7, 11) is -3.15. The molecule has 116 valence electrons. The lowest BCUT2D eigenvalue weighted by molar-refractivity contribution is 0.463. The highest BCUT2D eigenvalue weighted by molar-refractivity contribution is 9.10. The zero-order valence-corrected chi connectivity index (χ0v) is 14.6. The maximum Gasteiger partial charge on any atom is 0.214 e. The second-order valence-corrected chi connectivity index (χ2v) is 8.92. The maximum absolute atomic E-state index is 12.0. The number of rotatable bonds is 4. The van der Waals surface area contributed by atoms with Gasteiger partial charge in [0.25, 0.3) is 0 Å². The maximum atomic E-state index is 12.0. The van der Waals surface area contributed by atoms with Gasteiger partial charge in [-0.3, -0.25) is 0 Å². The Labute approximate surface area is 138 Å². The molecule has 2 heterocycles. The molecule has 21 heavy (non-hydrogen) atoms. The lowest BCUT2D eigenvalue weighted by atomic mass is 10.1. The van der Waals surface area contributed by atoms with Gasteiger partial charge in [0.1, 0.15) is 5.82 Å². The van der Waals surface area contributed by atoms with Crippen LogP contribution in [0.5, 0.6) is 0 Å². The molecule has 5 nitrogen and oxygen atoms in total. The number of pyridine rings is 1. The average molecular weight is 395 g/mol. The average Bonchev–Trinajstić information content (AvgIpc) is 3.23. The molecule has 1 aliphatic heterocycles. The van der Waals surface area contributed by atoms with Crippen LogP contribution in [0.3, 0.4) is 0 Å². The molecule has 0 amide bonds. The SMILES string of the molecule is O=S(=O)(NC1CCCN(c2ncc(Br)cc2Cl)C1)C1CC1. The molecule has 1 saturated carbocycles. The van der Waals surface area contributed by atoms with E-state index in [1.807, 2.05) is 6.07 Å². The number of hydrogen-bond donors (Lipinski definition) is 1. The summed E-state index contributed by atoms with van der Waals surface area (Å²) in [6, 6.07) is 1.74. The number of halogens is 2. The molecule has 1 aromatic heterocycles. The van der Waals surface area contributed by atoms with Crippen molar-refractivity contribution in [2.75, 3.05) is 18.0 Å². The monoisotopic (exact) mass is 393 g/mol. The third kappa shape index (κ3) is 3.70. The Kier molecular flexibility index (Phi) is 4.45. The Morgan fingerprint density at radius 3 is 2.81 bits per heavy atom. The number of nitrogens with one attached hydrogen (secondary N) is 1. The van der Waals surface area contributed by atoms with Crippen LogP contribution in [0.2, 0.25) is 5.02 Å².